The van der Waals surface area contributed by atoms with Gasteiger partial charge in [-0.2, -0.15) is 18.2 Å². The van der Waals surface area contributed by atoms with Crippen LogP contribution in [0.3, 0.4) is 0 Å². The van der Waals surface area contributed by atoms with Gasteiger partial charge in [-0.1, -0.05) is 24.2 Å². The molecular formula is C20H22F3N3O4. The van der Waals surface area contributed by atoms with E-state index in [1.165, 1.54) is 0 Å². The fraction of sp³-hybridized carbons (Fsp3) is 0.550. The van der Waals surface area contributed by atoms with E-state index in [1.54, 1.807) is 18.2 Å². The number of fused-ring (bicyclic) bond motifs is 1. The van der Waals surface area contributed by atoms with Crippen LogP contribution in [0.4, 0.5) is 13.2 Å². The van der Waals surface area contributed by atoms with Crippen LogP contribution in [0.5, 0.6) is 5.75 Å². The van der Waals surface area contributed by atoms with Crippen LogP contribution >= 0.6 is 0 Å². The average molecular weight is 425 g/mol. The van der Waals surface area contributed by atoms with Gasteiger partial charge >= 0.3 is 12.1 Å². The van der Waals surface area contributed by atoms with Crippen LogP contribution < -0.4 is 4.74 Å². The van der Waals surface area contributed by atoms with Crippen molar-refractivity contribution in [3.63, 3.8) is 0 Å². The SMILES string of the molecule is C[C@H]1COc2cc(-c3noc(C(F)(F)F)n3)ccc2CN1C(=O)C1(C)CCOCC1. The summed E-state index contributed by atoms with van der Waals surface area (Å²) < 4.78 is 53.8. The van der Waals surface area contributed by atoms with E-state index < -0.39 is 17.5 Å². The number of aromatic nitrogens is 2. The monoisotopic (exact) mass is 425 g/mol. The van der Waals surface area contributed by atoms with E-state index in [-0.39, 0.29) is 24.4 Å². The maximum Gasteiger partial charge on any atom is 0.471 e. The van der Waals surface area contributed by atoms with Gasteiger partial charge in [-0.15, -0.1) is 0 Å². The first kappa shape index (κ1) is 20.6. The number of alkyl halides is 3. The fourth-order valence-corrected chi connectivity index (χ4v) is 3.71. The predicted molar refractivity (Wildman–Crippen MR) is 98.4 cm³/mol. The molecule has 3 heterocycles. The summed E-state index contributed by atoms with van der Waals surface area (Å²) in [5.74, 6) is -1.02. The minimum atomic E-state index is -4.70. The number of rotatable bonds is 2. The first-order chi connectivity index (χ1) is 14.2. The fourth-order valence-electron chi connectivity index (χ4n) is 3.71. The van der Waals surface area contributed by atoms with Gasteiger partial charge in [0.2, 0.25) is 11.7 Å². The zero-order valence-electron chi connectivity index (χ0n) is 16.7. The number of ether oxygens (including phenoxy) is 2. The van der Waals surface area contributed by atoms with Gasteiger partial charge < -0.3 is 18.9 Å². The molecule has 1 aromatic heterocycles. The molecule has 0 saturated carbocycles. The first-order valence-corrected chi connectivity index (χ1v) is 9.73. The Morgan fingerprint density at radius 3 is 2.67 bits per heavy atom. The van der Waals surface area contributed by atoms with Gasteiger partial charge in [0.05, 0.1) is 11.5 Å². The molecule has 7 nitrogen and oxygen atoms in total. The number of halogens is 3. The summed E-state index contributed by atoms with van der Waals surface area (Å²) in [4.78, 5) is 18.5. The molecule has 0 radical (unpaired) electrons. The second kappa shape index (κ2) is 7.57. The Bertz CT molecular complexity index is 938. The zero-order valence-corrected chi connectivity index (χ0v) is 16.7. The van der Waals surface area contributed by atoms with Crippen LogP contribution in [0.15, 0.2) is 22.7 Å². The molecule has 10 heteroatoms. The summed E-state index contributed by atoms with van der Waals surface area (Å²) >= 11 is 0. The lowest BCUT2D eigenvalue weighted by Crippen LogP contribution is -2.49. The van der Waals surface area contributed by atoms with Gasteiger partial charge in [-0.05, 0) is 25.8 Å². The van der Waals surface area contributed by atoms with E-state index in [0.717, 1.165) is 5.56 Å². The Labute approximate surface area is 171 Å². The lowest BCUT2D eigenvalue weighted by Gasteiger charge is -2.38. The van der Waals surface area contributed by atoms with Crippen molar-refractivity contribution in [2.75, 3.05) is 19.8 Å². The summed E-state index contributed by atoms with van der Waals surface area (Å²) in [6, 6.07) is 4.74. The minimum absolute atomic E-state index is 0.0619. The van der Waals surface area contributed by atoms with Crippen molar-refractivity contribution in [2.45, 2.75) is 45.5 Å². The number of benzene rings is 1. The molecule has 2 aliphatic rings. The van der Waals surface area contributed by atoms with Crippen molar-refractivity contribution < 1.29 is 32.0 Å². The van der Waals surface area contributed by atoms with Gasteiger partial charge in [0, 0.05) is 30.9 Å². The molecule has 0 bridgehead atoms. The lowest BCUT2D eigenvalue weighted by molar-refractivity contribution is -0.159. The standard InChI is InChI=1S/C20H22F3N3O4/c1-12-11-29-15-9-13(16-24-17(30-25-16)20(21,22)23)3-4-14(15)10-26(12)18(27)19(2)5-7-28-8-6-19/h3-4,9,12H,5-8,10-11H2,1-2H3/t12-/m0/s1. The van der Waals surface area contributed by atoms with Crippen LogP contribution in [0.25, 0.3) is 11.4 Å². The van der Waals surface area contributed by atoms with Crippen molar-refractivity contribution in [2.24, 2.45) is 5.41 Å². The second-order valence-electron chi connectivity index (χ2n) is 8.01. The second-order valence-corrected chi connectivity index (χ2v) is 8.01. The number of carbonyl (C=O) groups excluding carboxylic acids is 1. The molecule has 4 rings (SSSR count). The van der Waals surface area contributed by atoms with Crippen molar-refractivity contribution in [3.05, 3.63) is 29.7 Å². The Kier molecular flexibility index (Phi) is 5.21. The molecular weight excluding hydrogens is 403 g/mol. The largest absolute Gasteiger partial charge is 0.491 e. The average Bonchev–Trinajstić information content (AvgIpc) is 3.15. The van der Waals surface area contributed by atoms with E-state index in [2.05, 4.69) is 14.7 Å². The van der Waals surface area contributed by atoms with Crippen LogP contribution in [0.1, 0.15) is 38.1 Å². The Morgan fingerprint density at radius 1 is 1.27 bits per heavy atom. The van der Waals surface area contributed by atoms with E-state index >= 15 is 0 Å². The highest BCUT2D eigenvalue weighted by Gasteiger charge is 2.41. The maximum atomic E-state index is 13.3. The molecule has 1 aromatic carbocycles. The third-order valence-corrected chi connectivity index (χ3v) is 5.72. The highest BCUT2D eigenvalue weighted by atomic mass is 19.4. The van der Waals surface area contributed by atoms with Crippen molar-refractivity contribution in [1.82, 2.24) is 15.0 Å². The molecule has 0 aliphatic carbocycles. The van der Waals surface area contributed by atoms with Gasteiger partial charge in [0.15, 0.2) is 0 Å². The number of nitrogens with zero attached hydrogens (tertiary/aromatic N) is 3. The molecule has 1 saturated heterocycles. The third kappa shape index (κ3) is 3.88. The Balaban J connectivity index is 1.59. The summed E-state index contributed by atoms with van der Waals surface area (Å²) in [5.41, 5.74) is 0.638. The summed E-state index contributed by atoms with van der Waals surface area (Å²) in [6.07, 6.45) is -3.37. The lowest BCUT2D eigenvalue weighted by atomic mass is 9.80. The number of amides is 1. The molecule has 1 atom stereocenters. The van der Waals surface area contributed by atoms with Crippen LogP contribution in [0.2, 0.25) is 0 Å². The van der Waals surface area contributed by atoms with Gasteiger partial charge in [0.1, 0.15) is 12.4 Å². The Morgan fingerprint density at radius 2 is 2.00 bits per heavy atom. The van der Waals surface area contributed by atoms with Crippen LogP contribution in [-0.4, -0.2) is 46.8 Å². The minimum Gasteiger partial charge on any atom is -0.491 e. The topological polar surface area (TPSA) is 77.7 Å². The summed E-state index contributed by atoms with van der Waals surface area (Å²) in [7, 11) is 0. The molecule has 1 fully saturated rings. The normalized spacial score (nSPS) is 21.5. The molecule has 0 N–H and O–H groups in total. The Hall–Kier alpha value is -2.62. The molecule has 30 heavy (non-hydrogen) atoms. The van der Waals surface area contributed by atoms with Crippen molar-refractivity contribution >= 4 is 5.91 Å². The smallest absolute Gasteiger partial charge is 0.471 e. The molecule has 2 aromatic rings. The predicted octanol–water partition coefficient (Wildman–Crippen LogP) is 3.68. The van der Waals surface area contributed by atoms with Crippen molar-refractivity contribution in [1.29, 1.82) is 0 Å². The molecule has 1 amide bonds. The molecule has 2 aliphatic heterocycles. The summed E-state index contributed by atoms with van der Waals surface area (Å²) in [5, 5.41) is 3.42. The summed E-state index contributed by atoms with van der Waals surface area (Å²) in [6.45, 7) is 5.63. The molecule has 0 unspecified atom stereocenters. The molecule has 162 valence electrons. The van der Waals surface area contributed by atoms with Gasteiger partial charge in [-0.3, -0.25) is 4.79 Å². The highest BCUT2D eigenvalue weighted by Crippen LogP contribution is 2.36. The first-order valence-electron chi connectivity index (χ1n) is 9.73. The third-order valence-electron chi connectivity index (χ3n) is 5.72. The quantitative estimate of drug-likeness (QED) is 0.731. The van der Waals surface area contributed by atoms with E-state index in [9.17, 15) is 18.0 Å². The molecule has 0 spiro atoms. The van der Waals surface area contributed by atoms with Crippen molar-refractivity contribution in [3.8, 4) is 17.1 Å². The van der Waals surface area contributed by atoms with Crippen LogP contribution in [-0.2, 0) is 22.3 Å². The zero-order chi connectivity index (χ0) is 21.5. The highest BCUT2D eigenvalue weighted by molar-refractivity contribution is 5.83. The number of hydrogen-bond donors (Lipinski definition) is 0. The van der Waals surface area contributed by atoms with Crippen LogP contribution in [0, 0.1) is 5.41 Å². The maximum absolute atomic E-state index is 13.3. The van der Waals surface area contributed by atoms with Gasteiger partial charge in [-0.25, -0.2) is 0 Å². The van der Waals surface area contributed by atoms with E-state index in [4.69, 9.17) is 9.47 Å². The van der Waals surface area contributed by atoms with E-state index in [1.807, 2.05) is 18.7 Å². The number of hydrogen-bond acceptors (Lipinski definition) is 6. The number of carbonyl (C=O) groups is 1. The van der Waals surface area contributed by atoms with E-state index in [0.29, 0.717) is 43.9 Å². The van der Waals surface area contributed by atoms with Gasteiger partial charge in [0.25, 0.3) is 0 Å².